The minimum atomic E-state index is 0.384. The molecule has 0 saturated carbocycles. The van der Waals surface area contributed by atoms with Crippen LogP contribution in [0.15, 0.2) is 54.6 Å². The molecule has 0 N–H and O–H groups in total. The summed E-state index contributed by atoms with van der Waals surface area (Å²) >= 11 is 0. The number of ether oxygens (including phenoxy) is 1. The van der Waals surface area contributed by atoms with E-state index in [4.69, 9.17) is 4.74 Å². The minimum absolute atomic E-state index is 0.384. The monoisotopic (exact) mass is 279 g/mol. The lowest BCUT2D eigenvalue weighted by atomic mass is 9.86. The first kappa shape index (κ1) is 12.9. The van der Waals surface area contributed by atoms with Gasteiger partial charge < -0.3 is 4.74 Å². The molecule has 3 fully saturated rings. The number of benzene rings is 2. The Hall–Kier alpha value is -1.80. The number of piperidine rings is 3. The van der Waals surface area contributed by atoms with Crippen LogP contribution in [0.3, 0.4) is 0 Å². The molecule has 0 aromatic heterocycles. The molecule has 2 heteroatoms. The van der Waals surface area contributed by atoms with E-state index in [1.165, 1.54) is 37.1 Å². The Balaban J connectivity index is 1.47. The van der Waals surface area contributed by atoms with Gasteiger partial charge in [0, 0.05) is 6.54 Å². The van der Waals surface area contributed by atoms with Gasteiger partial charge in [0.05, 0.1) is 0 Å². The first-order chi connectivity index (χ1) is 10.4. The van der Waals surface area contributed by atoms with Crippen LogP contribution in [0.2, 0.25) is 0 Å². The van der Waals surface area contributed by atoms with Gasteiger partial charge in [-0.15, -0.1) is 0 Å². The second kappa shape index (κ2) is 5.53. The molecule has 21 heavy (non-hydrogen) atoms. The molecule has 0 spiro atoms. The molecule has 2 nitrogen and oxygen atoms in total. The van der Waals surface area contributed by atoms with Crippen molar-refractivity contribution in [2.45, 2.75) is 18.9 Å². The molecular weight excluding hydrogens is 258 g/mol. The molecule has 1 unspecified atom stereocenters. The summed E-state index contributed by atoms with van der Waals surface area (Å²) in [6.07, 6.45) is 2.98. The van der Waals surface area contributed by atoms with E-state index in [1.54, 1.807) is 0 Å². The average Bonchev–Trinajstić information content (AvgIpc) is 2.57. The Labute approximate surface area is 126 Å². The lowest BCUT2D eigenvalue weighted by molar-refractivity contribution is -0.00775. The van der Waals surface area contributed by atoms with E-state index in [2.05, 4.69) is 59.5 Å². The highest BCUT2D eigenvalue weighted by Crippen LogP contribution is 2.31. The Morgan fingerprint density at radius 3 is 2.10 bits per heavy atom. The van der Waals surface area contributed by atoms with E-state index in [9.17, 15) is 0 Å². The van der Waals surface area contributed by atoms with Gasteiger partial charge in [-0.25, -0.2) is 0 Å². The maximum absolute atomic E-state index is 6.24. The molecule has 2 aromatic rings. The fraction of sp³-hybridized carbons (Fsp3) is 0.368. The lowest BCUT2D eigenvalue weighted by Crippen LogP contribution is -2.52. The average molecular weight is 279 g/mol. The zero-order chi connectivity index (χ0) is 14.1. The molecular formula is C19H21NO. The molecule has 1 atom stereocenters. The highest BCUT2D eigenvalue weighted by Gasteiger charge is 2.35. The molecule has 0 amide bonds. The molecule has 5 rings (SSSR count). The summed E-state index contributed by atoms with van der Waals surface area (Å²) in [7, 11) is 0. The van der Waals surface area contributed by atoms with Crippen molar-refractivity contribution < 1.29 is 4.74 Å². The predicted molar refractivity (Wildman–Crippen MR) is 85.5 cm³/mol. The third kappa shape index (κ3) is 2.68. The van der Waals surface area contributed by atoms with E-state index < -0.39 is 0 Å². The van der Waals surface area contributed by atoms with Crippen LogP contribution in [0.25, 0.3) is 11.1 Å². The molecule has 2 bridgehead atoms. The van der Waals surface area contributed by atoms with Crippen LogP contribution in [-0.2, 0) is 0 Å². The number of nitrogens with zero attached hydrogens (tertiary/aromatic N) is 1. The van der Waals surface area contributed by atoms with Gasteiger partial charge in [-0.05, 0) is 55.1 Å². The van der Waals surface area contributed by atoms with Crippen molar-refractivity contribution in [1.29, 1.82) is 0 Å². The summed E-state index contributed by atoms with van der Waals surface area (Å²) < 4.78 is 6.24. The minimum Gasteiger partial charge on any atom is -0.489 e. The van der Waals surface area contributed by atoms with E-state index in [1.807, 2.05) is 0 Å². The Morgan fingerprint density at radius 1 is 0.810 bits per heavy atom. The fourth-order valence-corrected chi connectivity index (χ4v) is 3.58. The van der Waals surface area contributed by atoms with Crippen molar-refractivity contribution in [2.24, 2.45) is 5.92 Å². The van der Waals surface area contributed by atoms with E-state index >= 15 is 0 Å². The van der Waals surface area contributed by atoms with Crippen LogP contribution in [-0.4, -0.2) is 30.6 Å². The zero-order valence-electron chi connectivity index (χ0n) is 12.2. The highest BCUT2D eigenvalue weighted by atomic mass is 16.5. The van der Waals surface area contributed by atoms with Crippen molar-refractivity contribution >= 4 is 0 Å². The summed E-state index contributed by atoms with van der Waals surface area (Å²) in [5, 5.41) is 0. The van der Waals surface area contributed by atoms with Crippen LogP contribution in [0.5, 0.6) is 5.75 Å². The second-order valence-corrected chi connectivity index (χ2v) is 6.18. The van der Waals surface area contributed by atoms with Crippen LogP contribution >= 0.6 is 0 Å². The molecule has 3 saturated heterocycles. The van der Waals surface area contributed by atoms with Crippen LogP contribution in [0.4, 0.5) is 0 Å². The van der Waals surface area contributed by atoms with Crippen molar-refractivity contribution in [2.75, 3.05) is 19.6 Å². The SMILES string of the molecule is c1ccc(-c2ccc(OC3CN4CCC3CC4)cc2)cc1. The molecule has 2 aromatic carbocycles. The number of fused-ring (bicyclic) bond motifs is 3. The van der Waals surface area contributed by atoms with Gasteiger partial charge in [0.15, 0.2) is 0 Å². The highest BCUT2D eigenvalue weighted by molar-refractivity contribution is 5.63. The maximum atomic E-state index is 6.24. The summed E-state index contributed by atoms with van der Waals surface area (Å²) in [6, 6.07) is 19.0. The first-order valence-electron chi connectivity index (χ1n) is 7.93. The summed E-state index contributed by atoms with van der Waals surface area (Å²) in [6.45, 7) is 3.63. The Morgan fingerprint density at radius 2 is 1.48 bits per heavy atom. The van der Waals surface area contributed by atoms with Crippen LogP contribution in [0.1, 0.15) is 12.8 Å². The van der Waals surface area contributed by atoms with Crippen molar-refractivity contribution in [3.05, 3.63) is 54.6 Å². The maximum Gasteiger partial charge on any atom is 0.119 e. The van der Waals surface area contributed by atoms with Crippen LogP contribution in [0, 0.1) is 5.92 Å². The fourth-order valence-electron chi connectivity index (χ4n) is 3.58. The van der Waals surface area contributed by atoms with E-state index in [0.29, 0.717) is 6.10 Å². The smallest absolute Gasteiger partial charge is 0.119 e. The third-order valence-corrected chi connectivity index (χ3v) is 4.85. The molecule has 0 radical (unpaired) electrons. The van der Waals surface area contributed by atoms with Crippen molar-refractivity contribution in [3.63, 3.8) is 0 Å². The second-order valence-electron chi connectivity index (χ2n) is 6.18. The molecule has 3 aliphatic heterocycles. The molecule has 108 valence electrons. The quantitative estimate of drug-likeness (QED) is 0.846. The third-order valence-electron chi connectivity index (χ3n) is 4.85. The number of hydrogen-bond donors (Lipinski definition) is 0. The van der Waals surface area contributed by atoms with Gasteiger partial charge in [0.2, 0.25) is 0 Å². The van der Waals surface area contributed by atoms with Crippen molar-refractivity contribution in [1.82, 2.24) is 4.90 Å². The van der Waals surface area contributed by atoms with Gasteiger partial charge in [0.25, 0.3) is 0 Å². The van der Waals surface area contributed by atoms with Gasteiger partial charge in [-0.1, -0.05) is 42.5 Å². The van der Waals surface area contributed by atoms with Gasteiger partial charge in [-0.3, -0.25) is 4.90 Å². The van der Waals surface area contributed by atoms with Crippen molar-refractivity contribution in [3.8, 4) is 16.9 Å². The normalized spacial score (nSPS) is 27.5. The molecule has 3 aliphatic rings. The standard InChI is InChI=1S/C19H21NO/c1-2-4-15(5-3-1)16-6-8-18(9-7-16)21-19-14-20-12-10-17(19)11-13-20/h1-9,17,19H,10-14H2. The molecule has 0 aliphatic carbocycles. The summed E-state index contributed by atoms with van der Waals surface area (Å²) in [5.74, 6) is 1.76. The topological polar surface area (TPSA) is 12.5 Å². The van der Waals surface area contributed by atoms with E-state index in [0.717, 1.165) is 18.2 Å². The largest absolute Gasteiger partial charge is 0.489 e. The predicted octanol–water partition coefficient (Wildman–Crippen LogP) is 3.83. The molecule has 3 heterocycles. The lowest BCUT2D eigenvalue weighted by Gasteiger charge is -2.44. The number of rotatable bonds is 3. The summed E-state index contributed by atoms with van der Waals surface area (Å²) in [5.41, 5.74) is 2.50. The van der Waals surface area contributed by atoms with Crippen LogP contribution < -0.4 is 4.74 Å². The zero-order valence-corrected chi connectivity index (χ0v) is 12.2. The van der Waals surface area contributed by atoms with E-state index in [-0.39, 0.29) is 0 Å². The van der Waals surface area contributed by atoms with Gasteiger partial charge in [0.1, 0.15) is 11.9 Å². The Bertz CT molecular complexity index is 585. The van der Waals surface area contributed by atoms with Gasteiger partial charge >= 0.3 is 0 Å². The Kier molecular flexibility index (Phi) is 3.40. The first-order valence-corrected chi connectivity index (χ1v) is 7.93. The summed E-state index contributed by atoms with van der Waals surface area (Å²) in [4.78, 5) is 2.53. The number of hydrogen-bond acceptors (Lipinski definition) is 2. The van der Waals surface area contributed by atoms with Gasteiger partial charge in [-0.2, -0.15) is 0 Å².